The Morgan fingerprint density at radius 1 is 0.960 bits per heavy atom. The molecule has 5 fully saturated rings. The third-order valence-electron chi connectivity index (χ3n) is 7.10. The van der Waals surface area contributed by atoms with E-state index in [1.807, 2.05) is 0 Å². The average molecular weight is 348 g/mol. The van der Waals surface area contributed by atoms with E-state index in [0.717, 1.165) is 30.3 Å². The highest BCUT2D eigenvalue weighted by Crippen LogP contribution is 2.61. The molecule has 2 amide bonds. The summed E-state index contributed by atoms with van der Waals surface area (Å²) in [4.78, 5) is 26.6. The molecule has 5 aliphatic carbocycles. The Bertz CT molecular complexity index is 494. The molecule has 25 heavy (non-hydrogen) atoms. The average Bonchev–Trinajstić information content (AvgIpc) is 3.36. The summed E-state index contributed by atoms with van der Waals surface area (Å²) in [5.74, 6) is 2.61. The summed E-state index contributed by atoms with van der Waals surface area (Å²) in [6.45, 7) is 1.67. The van der Waals surface area contributed by atoms with Crippen LogP contribution in [0, 0.1) is 23.2 Å². The number of carbonyl (C=O) groups excluding carboxylic acids is 2. The van der Waals surface area contributed by atoms with Crippen LogP contribution in [-0.2, 0) is 9.59 Å². The lowest BCUT2D eigenvalue weighted by Crippen LogP contribution is -2.48. The molecule has 0 aromatic heterocycles. The van der Waals surface area contributed by atoms with Crippen molar-refractivity contribution in [3.63, 3.8) is 0 Å². The van der Waals surface area contributed by atoms with E-state index in [-0.39, 0.29) is 23.8 Å². The zero-order chi connectivity index (χ0) is 17.4. The van der Waals surface area contributed by atoms with Crippen LogP contribution in [0.1, 0.15) is 57.8 Å². The van der Waals surface area contributed by atoms with Crippen LogP contribution in [-0.4, -0.2) is 49.4 Å². The van der Waals surface area contributed by atoms with Gasteiger partial charge in [-0.1, -0.05) is 0 Å². The van der Waals surface area contributed by atoms with E-state index in [2.05, 4.69) is 22.6 Å². The van der Waals surface area contributed by atoms with Gasteiger partial charge in [0.05, 0.1) is 6.54 Å². The molecule has 0 aromatic carbocycles. The Kier molecular flexibility index (Phi) is 4.78. The third kappa shape index (κ3) is 4.18. The van der Waals surface area contributed by atoms with Gasteiger partial charge < -0.3 is 15.5 Å². The molecule has 0 atom stereocenters. The first-order valence-corrected chi connectivity index (χ1v) is 10.2. The highest BCUT2D eigenvalue weighted by molar-refractivity contribution is 5.84. The van der Waals surface area contributed by atoms with Crippen LogP contribution in [0.25, 0.3) is 0 Å². The van der Waals surface area contributed by atoms with E-state index in [9.17, 15) is 9.59 Å². The van der Waals surface area contributed by atoms with E-state index >= 15 is 0 Å². The maximum absolute atomic E-state index is 12.4. The van der Waals surface area contributed by atoms with Crippen LogP contribution < -0.4 is 10.6 Å². The molecule has 5 nitrogen and oxygen atoms in total. The second-order valence-electron chi connectivity index (χ2n) is 9.43. The number of likely N-dealkylation sites (N-methyl/N-ethyl adjacent to an activating group) is 1. The minimum Gasteiger partial charge on any atom is -0.353 e. The Morgan fingerprint density at radius 2 is 1.56 bits per heavy atom. The third-order valence-corrected chi connectivity index (χ3v) is 7.10. The van der Waals surface area contributed by atoms with Gasteiger partial charge in [0.25, 0.3) is 0 Å². The lowest BCUT2D eigenvalue weighted by Gasteiger charge is -2.56. The normalized spacial score (nSPS) is 35.8. The number of nitrogens with one attached hydrogen (secondary N) is 2. The van der Waals surface area contributed by atoms with Crippen molar-refractivity contribution >= 4 is 11.8 Å². The van der Waals surface area contributed by atoms with E-state index in [0.29, 0.717) is 13.0 Å². The molecule has 0 aliphatic heterocycles. The summed E-state index contributed by atoms with van der Waals surface area (Å²) >= 11 is 0. The zero-order valence-corrected chi connectivity index (χ0v) is 15.6. The smallest absolute Gasteiger partial charge is 0.239 e. The lowest BCUT2D eigenvalue weighted by molar-refractivity contribution is -0.131. The summed E-state index contributed by atoms with van der Waals surface area (Å²) in [6.07, 6.45) is 11.1. The zero-order valence-electron chi connectivity index (χ0n) is 15.6. The molecule has 0 saturated heterocycles. The molecule has 0 radical (unpaired) electrons. The van der Waals surface area contributed by atoms with E-state index in [1.165, 1.54) is 51.4 Å². The summed E-state index contributed by atoms with van der Waals surface area (Å²) in [7, 11) is 2.11. The van der Waals surface area contributed by atoms with Gasteiger partial charge in [0, 0.05) is 25.6 Å². The topological polar surface area (TPSA) is 61.4 Å². The predicted molar refractivity (Wildman–Crippen MR) is 96.9 cm³/mol. The Labute approximate surface area is 151 Å². The van der Waals surface area contributed by atoms with Crippen LogP contribution >= 0.6 is 0 Å². The van der Waals surface area contributed by atoms with Crippen LogP contribution in [0.15, 0.2) is 0 Å². The van der Waals surface area contributed by atoms with Crippen molar-refractivity contribution in [2.75, 3.05) is 26.7 Å². The van der Waals surface area contributed by atoms with Gasteiger partial charge in [-0.3, -0.25) is 9.59 Å². The first-order valence-electron chi connectivity index (χ1n) is 10.2. The van der Waals surface area contributed by atoms with Crippen LogP contribution in [0.2, 0.25) is 0 Å². The van der Waals surface area contributed by atoms with Gasteiger partial charge in [0.2, 0.25) is 11.8 Å². The van der Waals surface area contributed by atoms with Crippen molar-refractivity contribution in [3.8, 4) is 0 Å². The van der Waals surface area contributed by atoms with Crippen LogP contribution in [0.5, 0.6) is 0 Å². The summed E-state index contributed by atoms with van der Waals surface area (Å²) in [5.41, 5.74) is 0.252. The molecule has 5 heteroatoms. The fourth-order valence-corrected chi connectivity index (χ4v) is 6.22. The Morgan fingerprint density at radius 3 is 2.12 bits per heavy atom. The van der Waals surface area contributed by atoms with Gasteiger partial charge in [-0.15, -0.1) is 0 Å². The van der Waals surface area contributed by atoms with Gasteiger partial charge in [-0.05, 0) is 81.6 Å². The molecular weight excluding hydrogens is 314 g/mol. The number of rotatable bonds is 8. The minimum atomic E-state index is -0.0666. The van der Waals surface area contributed by atoms with E-state index in [4.69, 9.17) is 0 Å². The molecule has 0 spiro atoms. The van der Waals surface area contributed by atoms with Gasteiger partial charge in [0.1, 0.15) is 0 Å². The molecule has 0 unspecified atom stereocenters. The fourth-order valence-electron chi connectivity index (χ4n) is 6.22. The molecule has 2 N–H and O–H groups in total. The predicted octanol–water partition coefficient (Wildman–Crippen LogP) is 1.92. The minimum absolute atomic E-state index is 0.0666. The quantitative estimate of drug-likeness (QED) is 0.705. The molecule has 0 aromatic rings. The molecular formula is C20H33N3O2. The SMILES string of the molecule is CN(CCNC(=O)CNC(=O)CC12CC3CC(CC(C3)C1)C2)C1CC1. The monoisotopic (exact) mass is 347 g/mol. The standard InChI is InChI=1S/C20H33N3O2/c1-23(17-2-3-17)5-4-21-19(25)13-22-18(24)12-20-9-14-6-15(10-20)8-16(7-14)11-20/h14-17H,2-13H2,1H3,(H,21,25)(H,22,24). The largest absolute Gasteiger partial charge is 0.353 e. The van der Waals surface area contributed by atoms with Crippen molar-refractivity contribution in [1.82, 2.24) is 15.5 Å². The fraction of sp³-hybridized carbons (Fsp3) is 0.900. The molecule has 5 aliphatic rings. The van der Waals surface area contributed by atoms with Crippen LogP contribution in [0.3, 0.4) is 0 Å². The van der Waals surface area contributed by atoms with Crippen molar-refractivity contribution in [1.29, 1.82) is 0 Å². The lowest BCUT2D eigenvalue weighted by atomic mass is 9.49. The van der Waals surface area contributed by atoms with Crippen molar-refractivity contribution < 1.29 is 9.59 Å². The highest BCUT2D eigenvalue weighted by Gasteiger charge is 2.51. The molecule has 0 heterocycles. The number of nitrogens with zero attached hydrogens (tertiary/aromatic N) is 1. The Balaban J connectivity index is 1.16. The molecule has 4 bridgehead atoms. The maximum atomic E-state index is 12.4. The number of hydrogen-bond donors (Lipinski definition) is 2. The van der Waals surface area contributed by atoms with Crippen molar-refractivity contribution in [2.24, 2.45) is 23.2 Å². The van der Waals surface area contributed by atoms with Gasteiger partial charge in [-0.25, -0.2) is 0 Å². The number of amides is 2. The van der Waals surface area contributed by atoms with E-state index < -0.39 is 0 Å². The summed E-state index contributed by atoms with van der Waals surface area (Å²) in [6, 6.07) is 0.719. The number of hydrogen-bond acceptors (Lipinski definition) is 3. The molecule has 5 rings (SSSR count). The van der Waals surface area contributed by atoms with Crippen molar-refractivity contribution in [2.45, 2.75) is 63.8 Å². The molecule has 140 valence electrons. The van der Waals surface area contributed by atoms with E-state index in [1.54, 1.807) is 0 Å². The Hall–Kier alpha value is -1.10. The first kappa shape index (κ1) is 17.3. The second kappa shape index (κ2) is 6.90. The highest BCUT2D eigenvalue weighted by atomic mass is 16.2. The van der Waals surface area contributed by atoms with Crippen molar-refractivity contribution in [3.05, 3.63) is 0 Å². The summed E-state index contributed by atoms with van der Waals surface area (Å²) in [5, 5.41) is 5.78. The second-order valence-corrected chi connectivity index (χ2v) is 9.43. The number of carbonyl (C=O) groups is 2. The first-order chi connectivity index (χ1) is 12.0. The molecule has 5 saturated carbocycles. The van der Waals surface area contributed by atoms with Gasteiger partial charge in [-0.2, -0.15) is 0 Å². The van der Waals surface area contributed by atoms with Gasteiger partial charge >= 0.3 is 0 Å². The van der Waals surface area contributed by atoms with Gasteiger partial charge in [0.15, 0.2) is 0 Å². The summed E-state index contributed by atoms with van der Waals surface area (Å²) < 4.78 is 0. The maximum Gasteiger partial charge on any atom is 0.239 e. The van der Waals surface area contributed by atoms with Crippen LogP contribution in [0.4, 0.5) is 0 Å².